The quantitative estimate of drug-likeness (QED) is 0.790. The smallest absolute Gasteiger partial charge is 0.174 e. The Morgan fingerprint density at radius 1 is 1.44 bits per heavy atom. The van der Waals surface area contributed by atoms with Crippen LogP contribution in [0.2, 0.25) is 5.02 Å². The highest BCUT2D eigenvalue weighted by Gasteiger charge is 2.34. The summed E-state index contributed by atoms with van der Waals surface area (Å²) in [5.41, 5.74) is 0.529. The fraction of sp³-hybridized carbons (Fsp3) is 0.312. The van der Waals surface area contributed by atoms with Crippen LogP contribution in [-0.2, 0) is 16.4 Å². The summed E-state index contributed by atoms with van der Waals surface area (Å²) in [6.45, 7) is 0.341. The van der Waals surface area contributed by atoms with Gasteiger partial charge in [0.1, 0.15) is 11.6 Å². The second kappa shape index (κ2) is 7.31. The summed E-state index contributed by atoms with van der Waals surface area (Å²) in [6.07, 6.45) is 2.05. The summed E-state index contributed by atoms with van der Waals surface area (Å²) < 4.78 is 42.3. The molecule has 1 aliphatic heterocycles. The molecule has 1 N–H and O–H groups in total. The van der Waals surface area contributed by atoms with Crippen LogP contribution in [0.1, 0.15) is 12.2 Å². The number of benzene rings is 1. The van der Waals surface area contributed by atoms with Crippen molar-refractivity contribution < 1.29 is 17.2 Å². The average Bonchev–Trinajstić information content (AvgIpc) is 3.17. The molecule has 0 aliphatic carbocycles. The van der Waals surface area contributed by atoms with Crippen molar-refractivity contribution in [2.75, 3.05) is 16.8 Å². The number of nitrogens with zero attached hydrogens (tertiary/aromatic N) is 1. The lowest BCUT2D eigenvalue weighted by molar-refractivity contribution is 0.302. The van der Waals surface area contributed by atoms with Crippen LogP contribution in [0.3, 0.4) is 0 Å². The molecule has 1 atom stereocenters. The summed E-state index contributed by atoms with van der Waals surface area (Å²) in [6, 6.07) is 7.50. The second-order valence-corrected chi connectivity index (χ2v) is 8.85. The summed E-state index contributed by atoms with van der Waals surface area (Å²) >= 11 is 11.3. The molecular formula is C16H16ClFN2O3S2. The Morgan fingerprint density at radius 3 is 2.84 bits per heavy atom. The van der Waals surface area contributed by atoms with Crippen LogP contribution in [-0.4, -0.2) is 36.0 Å². The van der Waals surface area contributed by atoms with Crippen molar-refractivity contribution >= 4 is 44.5 Å². The Balaban J connectivity index is 1.80. The first kappa shape index (κ1) is 18.2. The highest BCUT2D eigenvalue weighted by molar-refractivity contribution is 7.91. The molecule has 2 aromatic rings. The van der Waals surface area contributed by atoms with Gasteiger partial charge in [-0.05, 0) is 49.0 Å². The van der Waals surface area contributed by atoms with Crippen LogP contribution in [0.25, 0.3) is 0 Å². The standard InChI is InChI=1S/C16H16ClFN2O3S2/c17-14-8-11(3-4-15(14)18)19-16(24)20(9-13-2-1-6-23-13)12-5-7-25(21,22)10-12/h1-4,6,8,12H,5,7,9-10H2,(H,19,24)/t12-/m1/s1. The van der Waals surface area contributed by atoms with Crippen molar-refractivity contribution in [2.45, 2.75) is 19.0 Å². The summed E-state index contributed by atoms with van der Waals surface area (Å²) in [5.74, 6) is 0.329. The van der Waals surface area contributed by atoms with E-state index < -0.39 is 15.7 Å². The van der Waals surface area contributed by atoms with Gasteiger partial charge >= 0.3 is 0 Å². The molecule has 0 bridgehead atoms. The summed E-state index contributed by atoms with van der Waals surface area (Å²) in [5, 5.41) is 3.31. The van der Waals surface area contributed by atoms with Gasteiger partial charge in [-0.2, -0.15) is 0 Å². The van der Waals surface area contributed by atoms with Crippen LogP contribution in [0.15, 0.2) is 41.0 Å². The van der Waals surface area contributed by atoms with Crippen molar-refractivity contribution in [1.29, 1.82) is 0 Å². The van der Waals surface area contributed by atoms with E-state index in [2.05, 4.69) is 5.32 Å². The third-order valence-electron chi connectivity index (χ3n) is 3.99. The number of hydrogen-bond donors (Lipinski definition) is 1. The van der Waals surface area contributed by atoms with Crippen LogP contribution in [0.4, 0.5) is 10.1 Å². The largest absolute Gasteiger partial charge is 0.467 e. The van der Waals surface area contributed by atoms with Gasteiger partial charge in [0.15, 0.2) is 14.9 Å². The molecule has 9 heteroatoms. The molecule has 3 rings (SSSR count). The molecule has 5 nitrogen and oxygen atoms in total. The zero-order valence-electron chi connectivity index (χ0n) is 13.1. The van der Waals surface area contributed by atoms with Gasteiger partial charge < -0.3 is 14.6 Å². The van der Waals surface area contributed by atoms with Gasteiger partial charge in [-0.3, -0.25) is 0 Å². The van der Waals surface area contributed by atoms with Crippen LogP contribution in [0.5, 0.6) is 0 Å². The Kier molecular flexibility index (Phi) is 5.31. The Bertz CT molecular complexity index is 872. The summed E-state index contributed by atoms with van der Waals surface area (Å²) in [4.78, 5) is 1.79. The maximum atomic E-state index is 13.3. The van der Waals surface area contributed by atoms with Crippen LogP contribution in [0, 0.1) is 5.82 Å². The first-order valence-electron chi connectivity index (χ1n) is 7.59. The van der Waals surface area contributed by atoms with Gasteiger partial charge in [0, 0.05) is 11.7 Å². The van der Waals surface area contributed by atoms with Gasteiger partial charge in [0.05, 0.1) is 29.3 Å². The Hall–Kier alpha value is -1.64. The highest BCUT2D eigenvalue weighted by Crippen LogP contribution is 2.23. The first-order chi connectivity index (χ1) is 11.8. The normalized spacial score (nSPS) is 18.9. The number of furan rings is 1. The minimum Gasteiger partial charge on any atom is -0.467 e. The lowest BCUT2D eigenvalue weighted by Crippen LogP contribution is -2.42. The van der Waals surface area contributed by atoms with E-state index in [0.717, 1.165) is 0 Å². The van der Waals surface area contributed by atoms with Gasteiger partial charge in [-0.15, -0.1) is 0 Å². The van der Waals surface area contributed by atoms with Crippen molar-refractivity contribution in [3.8, 4) is 0 Å². The summed E-state index contributed by atoms with van der Waals surface area (Å²) in [7, 11) is -3.07. The highest BCUT2D eigenvalue weighted by atomic mass is 35.5. The maximum Gasteiger partial charge on any atom is 0.174 e. The predicted molar refractivity (Wildman–Crippen MR) is 98.9 cm³/mol. The molecule has 0 spiro atoms. The molecule has 1 aromatic carbocycles. The molecule has 0 saturated carbocycles. The zero-order chi connectivity index (χ0) is 18.0. The lowest BCUT2D eigenvalue weighted by Gasteiger charge is -2.30. The van der Waals surface area contributed by atoms with E-state index in [1.54, 1.807) is 23.3 Å². The third kappa shape index (κ3) is 4.50. The number of anilines is 1. The average molecular weight is 403 g/mol. The van der Waals surface area contributed by atoms with Crippen molar-refractivity contribution in [3.05, 3.63) is 53.2 Å². The minimum atomic E-state index is -3.07. The van der Waals surface area contributed by atoms with Crippen molar-refractivity contribution in [1.82, 2.24) is 4.90 Å². The van der Waals surface area contributed by atoms with Crippen molar-refractivity contribution in [2.24, 2.45) is 0 Å². The van der Waals surface area contributed by atoms with E-state index in [1.165, 1.54) is 18.2 Å². The van der Waals surface area contributed by atoms with E-state index >= 15 is 0 Å². The second-order valence-electron chi connectivity index (χ2n) is 5.82. The monoisotopic (exact) mass is 402 g/mol. The molecular weight excluding hydrogens is 387 g/mol. The number of thiocarbonyl (C=S) groups is 1. The molecule has 0 radical (unpaired) electrons. The van der Waals surface area contributed by atoms with Crippen LogP contribution < -0.4 is 5.32 Å². The van der Waals surface area contributed by atoms with Gasteiger partial charge in [0.25, 0.3) is 0 Å². The third-order valence-corrected chi connectivity index (χ3v) is 6.36. The Labute approximate surface area is 155 Å². The number of hydrogen-bond acceptors (Lipinski definition) is 4. The molecule has 0 unspecified atom stereocenters. The predicted octanol–water partition coefficient (Wildman–Crippen LogP) is 3.46. The van der Waals surface area contributed by atoms with Gasteiger partial charge in [-0.1, -0.05) is 11.6 Å². The number of rotatable bonds is 4. The van der Waals surface area contributed by atoms with Crippen molar-refractivity contribution in [3.63, 3.8) is 0 Å². The van der Waals surface area contributed by atoms with E-state index in [9.17, 15) is 12.8 Å². The minimum absolute atomic E-state index is 0.0196. The Morgan fingerprint density at radius 2 is 2.24 bits per heavy atom. The molecule has 1 saturated heterocycles. The van der Waals surface area contributed by atoms with E-state index in [-0.39, 0.29) is 22.6 Å². The van der Waals surface area contributed by atoms with E-state index in [1.807, 2.05) is 0 Å². The number of sulfone groups is 1. The van der Waals surface area contributed by atoms with Crippen LogP contribution >= 0.6 is 23.8 Å². The molecule has 25 heavy (non-hydrogen) atoms. The SMILES string of the molecule is O=S1(=O)CC[C@@H](N(Cc2ccco2)C(=S)Nc2ccc(F)c(Cl)c2)C1. The van der Waals surface area contributed by atoms with E-state index in [4.69, 9.17) is 28.2 Å². The molecule has 1 aliphatic rings. The fourth-order valence-corrected chi connectivity index (χ4v) is 4.97. The molecule has 1 aromatic heterocycles. The van der Waals surface area contributed by atoms with E-state index in [0.29, 0.717) is 29.5 Å². The molecule has 134 valence electrons. The molecule has 1 fully saturated rings. The molecule has 0 amide bonds. The zero-order valence-corrected chi connectivity index (χ0v) is 15.5. The lowest BCUT2D eigenvalue weighted by atomic mass is 10.2. The fourth-order valence-electron chi connectivity index (χ4n) is 2.73. The van der Waals surface area contributed by atoms with Gasteiger partial charge in [0.2, 0.25) is 0 Å². The first-order valence-corrected chi connectivity index (χ1v) is 10.2. The van der Waals surface area contributed by atoms with Gasteiger partial charge in [-0.25, -0.2) is 12.8 Å². The number of nitrogens with one attached hydrogen (secondary N) is 1. The number of halogens is 2. The topological polar surface area (TPSA) is 62.6 Å². The molecule has 2 heterocycles. The maximum absolute atomic E-state index is 13.3.